The molecule has 9 heteroatoms. The number of amides is 1. The zero-order valence-corrected chi connectivity index (χ0v) is 27.0. The van der Waals surface area contributed by atoms with E-state index in [1.807, 2.05) is 72.2 Å². The van der Waals surface area contributed by atoms with Gasteiger partial charge in [0.2, 0.25) is 0 Å². The zero-order chi connectivity index (χ0) is 31.8. The Bertz CT molecular complexity index is 1760. The van der Waals surface area contributed by atoms with Gasteiger partial charge in [0.15, 0.2) is 22.5 Å². The Labute approximate surface area is 268 Å². The molecule has 0 saturated heterocycles. The molecule has 5 aromatic rings. The number of hydrogen-bond donors (Lipinski definition) is 1. The average molecular weight is 620 g/mol. The molecule has 1 N–H and O–H groups in total. The minimum atomic E-state index is -0.264. The molecule has 1 aromatic heterocycles. The van der Waals surface area contributed by atoms with Gasteiger partial charge in [0, 0.05) is 11.3 Å². The molecule has 230 valence electrons. The van der Waals surface area contributed by atoms with Crippen molar-refractivity contribution in [1.29, 1.82) is 0 Å². The van der Waals surface area contributed by atoms with E-state index in [0.717, 1.165) is 27.9 Å². The van der Waals surface area contributed by atoms with Gasteiger partial charge in [0.1, 0.15) is 6.61 Å². The molecule has 0 aliphatic carbocycles. The van der Waals surface area contributed by atoms with E-state index < -0.39 is 0 Å². The second-order valence-electron chi connectivity index (χ2n) is 11.6. The first-order valence-electron chi connectivity index (χ1n) is 14.6. The van der Waals surface area contributed by atoms with Gasteiger partial charge >= 0.3 is 0 Å². The van der Waals surface area contributed by atoms with Crippen LogP contribution >= 0.6 is 11.8 Å². The molecule has 8 nitrogen and oxygen atoms in total. The number of rotatable bonds is 11. The van der Waals surface area contributed by atoms with E-state index in [1.54, 1.807) is 13.3 Å². The van der Waals surface area contributed by atoms with Gasteiger partial charge in [0.25, 0.3) is 5.91 Å². The molecule has 0 radical (unpaired) electrons. The van der Waals surface area contributed by atoms with Crippen LogP contribution in [0.5, 0.6) is 11.5 Å². The average Bonchev–Trinajstić information content (AvgIpc) is 3.47. The van der Waals surface area contributed by atoms with Crippen LogP contribution in [0.25, 0.3) is 17.1 Å². The van der Waals surface area contributed by atoms with Gasteiger partial charge in [-0.25, -0.2) is 5.43 Å². The second-order valence-corrected chi connectivity index (χ2v) is 12.5. The third kappa shape index (κ3) is 8.19. The van der Waals surface area contributed by atoms with Gasteiger partial charge < -0.3 is 9.47 Å². The van der Waals surface area contributed by atoms with Crippen molar-refractivity contribution in [3.05, 3.63) is 119 Å². The van der Waals surface area contributed by atoms with Gasteiger partial charge in [-0.15, -0.1) is 10.2 Å². The smallest absolute Gasteiger partial charge is 0.250 e. The van der Waals surface area contributed by atoms with E-state index in [2.05, 4.69) is 77.9 Å². The molecular weight excluding hydrogens is 582 g/mol. The quantitative estimate of drug-likeness (QED) is 0.0943. The number of hydrogen-bond acceptors (Lipinski definition) is 7. The monoisotopic (exact) mass is 619 g/mol. The summed E-state index contributed by atoms with van der Waals surface area (Å²) in [6, 6.07) is 32.0. The van der Waals surface area contributed by atoms with Crippen LogP contribution < -0.4 is 14.9 Å². The highest BCUT2D eigenvalue weighted by atomic mass is 32.2. The number of methoxy groups -OCH3 is 1. The number of hydrazone groups is 1. The molecule has 0 aliphatic rings. The normalized spacial score (nSPS) is 11.5. The topological polar surface area (TPSA) is 90.6 Å². The number of thioether (sulfide) groups is 1. The van der Waals surface area contributed by atoms with Crippen molar-refractivity contribution >= 4 is 23.9 Å². The molecule has 0 unspecified atom stereocenters. The first-order valence-corrected chi connectivity index (χ1v) is 15.6. The maximum atomic E-state index is 12.8. The van der Waals surface area contributed by atoms with E-state index in [1.165, 1.54) is 17.3 Å². The number of benzene rings is 4. The Morgan fingerprint density at radius 1 is 0.933 bits per heavy atom. The fraction of sp³-hybridized carbons (Fsp3) is 0.222. The van der Waals surface area contributed by atoms with E-state index in [-0.39, 0.29) is 17.1 Å². The Morgan fingerprint density at radius 2 is 1.67 bits per heavy atom. The summed E-state index contributed by atoms with van der Waals surface area (Å²) in [6.07, 6.45) is 1.57. The summed E-state index contributed by atoms with van der Waals surface area (Å²) in [5.74, 6) is 1.76. The number of aryl methyl sites for hydroxylation is 1. The highest BCUT2D eigenvalue weighted by molar-refractivity contribution is 7.99. The van der Waals surface area contributed by atoms with Gasteiger partial charge in [-0.3, -0.25) is 9.36 Å². The predicted molar refractivity (Wildman–Crippen MR) is 180 cm³/mol. The van der Waals surface area contributed by atoms with Crippen molar-refractivity contribution in [3.8, 4) is 28.6 Å². The molecule has 0 bridgehead atoms. The van der Waals surface area contributed by atoms with Crippen molar-refractivity contribution < 1.29 is 14.3 Å². The van der Waals surface area contributed by atoms with Crippen LogP contribution in [-0.2, 0) is 16.8 Å². The predicted octanol–water partition coefficient (Wildman–Crippen LogP) is 7.37. The number of nitrogens with one attached hydrogen (secondary N) is 1. The number of carbonyl (C=O) groups excluding carboxylic acids is 1. The summed E-state index contributed by atoms with van der Waals surface area (Å²) in [6.45, 7) is 9.03. The summed E-state index contributed by atoms with van der Waals surface area (Å²) in [5, 5.41) is 13.8. The second kappa shape index (κ2) is 14.3. The molecule has 0 atom stereocenters. The third-order valence-electron chi connectivity index (χ3n) is 7.09. The first-order chi connectivity index (χ1) is 21.7. The van der Waals surface area contributed by atoms with Crippen LogP contribution in [0.15, 0.2) is 107 Å². The molecule has 1 amide bonds. The van der Waals surface area contributed by atoms with Crippen LogP contribution in [0.4, 0.5) is 0 Å². The standard InChI is InChI=1S/C36H37N5O3S/c1-25-11-18-30(19-12-25)41-34(28-14-16-29(17-15-28)36(2,3)4)39-40-35(41)45-24-33(42)38-37-22-27-13-20-31(43-5)32(21-27)44-23-26-9-7-6-8-10-26/h6-22H,23-24H2,1-5H3,(H,38,42)/b37-22-. The SMILES string of the molecule is COc1ccc(/C=N\NC(=O)CSc2nnc(-c3ccc(C(C)(C)C)cc3)n2-c2ccc(C)cc2)cc1OCc1ccccc1. The highest BCUT2D eigenvalue weighted by Crippen LogP contribution is 2.31. The third-order valence-corrected chi connectivity index (χ3v) is 8.02. The summed E-state index contributed by atoms with van der Waals surface area (Å²) in [5.41, 5.74) is 8.73. The van der Waals surface area contributed by atoms with Crippen LogP contribution in [0.3, 0.4) is 0 Å². The van der Waals surface area contributed by atoms with E-state index >= 15 is 0 Å². The van der Waals surface area contributed by atoms with Crippen LogP contribution in [0.1, 0.15) is 43.0 Å². The molecule has 0 saturated carbocycles. The lowest BCUT2D eigenvalue weighted by Crippen LogP contribution is -2.20. The van der Waals surface area contributed by atoms with E-state index in [0.29, 0.717) is 29.1 Å². The van der Waals surface area contributed by atoms with Crippen molar-refractivity contribution in [2.75, 3.05) is 12.9 Å². The molecular formula is C36H37N5O3S. The maximum absolute atomic E-state index is 12.8. The summed E-state index contributed by atoms with van der Waals surface area (Å²) < 4.78 is 13.4. The Hall–Kier alpha value is -4.89. The number of aromatic nitrogens is 3. The van der Waals surface area contributed by atoms with Gasteiger partial charge in [0.05, 0.1) is 19.1 Å². The summed E-state index contributed by atoms with van der Waals surface area (Å²) >= 11 is 1.30. The van der Waals surface area contributed by atoms with Crippen molar-refractivity contribution in [2.45, 2.75) is 44.9 Å². The molecule has 0 fully saturated rings. The minimum Gasteiger partial charge on any atom is -0.493 e. The van der Waals surface area contributed by atoms with E-state index in [9.17, 15) is 4.79 Å². The molecule has 4 aromatic carbocycles. The van der Waals surface area contributed by atoms with Crippen molar-refractivity contribution in [3.63, 3.8) is 0 Å². The molecule has 45 heavy (non-hydrogen) atoms. The lowest BCUT2D eigenvalue weighted by molar-refractivity contribution is -0.118. The number of carbonyl (C=O) groups is 1. The van der Waals surface area contributed by atoms with Crippen LogP contribution in [0.2, 0.25) is 0 Å². The first kappa shape index (κ1) is 31.5. The largest absolute Gasteiger partial charge is 0.493 e. The maximum Gasteiger partial charge on any atom is 0.250 e. The lowest BCUT2D eigenvalue weighted by atomic mass is 9.87. The molecule has 1 heterocycles. The van der Waals surface area contributed by atoms with Gasteiger partial charge in [-0.05, 0) is 59.4 Å². The summed E-state index contributed by atoms with van der Waals surface area (Å²) in [7, 11) is 1.60. The minimum absolute atomic E-state index is 0.0474. The number of nitrogens with zero attached hydrogens (tertiary/aromatic N) is 4. The fourth-order valence-corrected chi connectivity index (χ4v) is 5.30. The van der Waals surface area contributed by atoms with Crippen LogP contribution in [0, 0.1) is 6.92 Å². The van der Waals surface area contributed by atoms with Crippen LogP contribution in [-0.4, -0.2) is 39.7 Å². The fourth-order valence-electron chi connectivity index (χ4n) is 4.56. The van der Waals surface area contributed by atoms with Crippen molar-refractivity contribution in [2.24, 2.45) is 5.10 Å². The Kier molecular flexibility index (Phi) is 9.99. The van der Waals surface area contributed by atoms with E-state index in [4.69, 9.17) is 9.47 Å². The molecule has 5 rings (SSSR count). The van der Waals surface area contributed by atoms with Gasteiger partial charge in [-0.1, -0.05) is 105 Å². The number of ether oxygens (including phenoxy) is 2. The van der Waals surface area contributed by atoms with Crippen molar-refractivity contribution in [1.82, 2.24) is 20.2 Å². The Morgan fingerprint density at radius 3 is 2.36 bits per heavy atom. The lowest BCUT2D eigenvalue weighted by Gasteiger charge is -2.19. The summed E-state index contributed by atoms with van der Waals surface area (Å²) in [4.78, 5) is 12.8. The molecule has 0 spiro atoms. The zero-order valence-electron chi connectivity index (χ0n) is 26.2. The highest BCUT2D eigenvalue weighted by Gasteiger charge is 2.19. The Balaban J connectivity index is 1.26. The molecule has 0 aliphatic heterocycles. The van der Waals surface area contributed by atoms with Gasteiger partial charge in [-0.2, -0.15) is 5.10 Å².